The monoisotopic (exact) mass is 424 g/mol. The topological polar surface area (TPSA) is 58.2 Å². The van der Waals surface area contributed by atoms with Gasteiger partial charge in [-0.05, 0) is 46.5 Å². The first-order chi connectivity index (χ1) is 15.5. The van der Waals surface area contributed by atoms with Crippen molar-refractivity contribution < 1.29 is 9.59 Å². The maximum atomic E-state index is 12.5. The molecule has 0 aliphatic carbocycles. The van der Waals surface area contributed by atoms with E-state index in [1.807, 2.05) is 62.4 Å². The maximum absolute atomic E-state index is 12.5. The van der Waals surface area contributed by atoms with Crippen molar-refractivity contribution in [3.05, 3.63) is 96.1 Å². The molecule has 4 aromatic rings. The Morgan fingerprint density at radius 3 is 1.41 bits per heavy atom. The Morgan fingerprint density at radius 2 is 0.969 bits per heavy atom. The van der Waals surface area contributed by atoms with Gasteiger partial charge in [0.15, 0.2) is 0 Å². The molecule has 4 nitrogen and oxygen atoms in total. The van der Waals surface area contributed by atoms with E-state index in [-0.39, 0.29) is 36.7 Å². The van der Waals surface area contributed by atoms with Crippen molar-refractivity contribution in [3.63, 3.8) is 0 Å². The molecule has 0 unspecified atom stereocenters. The third-order valence-electron chi connectivity index (χ3n) is 5.91. The SMILES string of the molecule is C[C@H](NC(=O)CCC(=O)N[C@@H](C)c1cccc2ccccc12)c1cccc2ccccc12. The number of carbonyl (C=O) groups is 2. The summed E-state index contributed by atoms with van der Waals surface area (Å²) in [5.74, 6) is -0.253. The second kappa shape index (κ2) is 9.65. The number of benzene rings is 4. The molecule has 2 atom stereocenters. The molecule has 4 rings (SSSR count). The van der Waals surface area contributed by atoms with Gasteiger partial charge in [-0.15, -0.1) is 0 Å². The average molecular weight is 425 g/mol. The van der Waals surface area contributed by atoms with Gasteiger partial charge in [-0.25, -0.2) is 0 Å². The highest BCUT2D eigenvalue weighted by Gasteiger charge is 2.16. The smallest absolute Gasteiger partial charge is 0.220 e. The predicted molar refractivity (Wildman–Crippen MR) is 130 cm³/mol. The van der Waals surface area contributed by atoms with Crippen LogP contribution in [0, 0.1) is 0 Å². The van der Waals surface area contributed by atoms with Crippen LogP contribution in [-0.4, -0.2) is 11.8 Å². The zero-order valence-corrected chi connectivity index (χ0v) is 18.5. The molecular weight excluding hydrogens is 396 g/mol. The fourth-order valence-electron chi connectivity index (χ4n) is 4.27. The number of carbonyl (C=O) groups excluding carboxylic acids is 2. The molecule has 0 bridgehead atoms. The molecular formula is C28H28N2O2. The van der Waals surface area contributed by atoms with E-state index in [1.54, 1.807) is 0 Å². The quantitative estimate of drug-likeness (QED) is 0.392. The van der Waals surface area contributed by atoms with Crippen molar-refractivity contribution >= 4 is 33.4 Å². The number of fused-ring (bicyclic) bond motifs is 2. The van der Waals surface area contributed by atoms with Crippen LogP contribution < -0.4 is 10.6 Å². The van der Waals surface area contributed by atoms with E-state index < -0.39 is 0 Å². The summed E-state index contributed by atoms with van der Waals surface area (Å²) in [5, 5.41) is 10.6. The van der Waals surface area contributed by atoms with Crippen LogP contribution in [0.2, 0.25) is 0 Å². The minimum absolute atomic E-state index is 0.126. The van der Waals surface area contributed by atoms with Crippen LogP contribution in [0.1, 0.15) is 49.9 Å². The molecule has 2 amide bonds. The first kappa shape index (κ1) is 21.6. The number of hydrogen-bond donors (Lipinski definition) is 2. The first-order valence-corrected chi connectivity index (χ1v) is 11.1. The first-order valence-electron chi connectivity index (χ1n) is 11.1. The fraction of sp³-hybridized carbons (Fsp3) is 0.214. The van der Waals surface area contributed by atoms with Crippen LogP contribution in [0.3, 0.4) is 0 Å². The highest BCUT2D eigenvalue weighted by molar-refractivity contribution is 5.89. The van der Waals surface area contributed by atoms with Gasteiger partial charge in [0.2, 0.25) is 11.8 Å². The van der Waals surface area contributed by atoms with Crippen molar-refractivity contribution in [3.8, 4) is 0 Å². The van der Waals surface area contributed by atoms with Gasteiger partial charge >= 0.3 is 0 Å². The molecule has 0 radical (unpaired) electrons. The van der Waals surface area contributed by atoms with Crippen molar-refractivity contribution in [1.29, 1.82) is 0 Å². The van der Waals surface area contributed by atoms with Gasteiger partial charge in [-0.2, -0.15) is 0 Å². The summed E-state index contributed by atoms with van der Waals surface area (Å²) in [6.45, 7) is 3.95. The van der Waals surface area contributed by atoms with Crippen molar-refractivity contribution in [2.24, 2.45) is 0 Å². The molecule has 0 aromatic heterocycles. The Kier molecular flexibility index (Phi) is 6.50. The Labute approximate surface area is 188 Å². The van der Waals surface area contributed by atoms with E-state index in [0.717, 1.165) is 32.7 Å². The van der Waals surface area contributed by atoms with Gasteiger partial charge in [0, 0.05) is 12.8 Å². The van der Waals surface area contributed by atoms with E-state index in [9.17, 15) is 9.59 Å². The van der Waals surface area contributed by atoms with E-state index in [4.69, 9.17) is 0 Å². The molecule has 0 spiro atoms. The molecule has 0 fully saturated rings. The fourth-order valence-corrected chi connectivity index (χ4v) is 4.27. The second-order valence-corrected chi connectivity index (χ2v) is 8.22. The Hall–Kier alpha value is -3.66. The normalized spacial score (nSPS) is 12.9. The molecule has 0 saturated heterocycles. The van der Waals surface area contributed by atoms with Gasteiger partial charge in [-0.3, -0.25) is 9.59 Å². The van der Waals surface area contributed by atoms with Gasteiger partial charge < -0.3 is 10.6 Å². The summed E-state index contributed by atoms with van der Waals surface area (Å²) < 4.78 is 0. The van der Waals surface area contributed by atoms with E-state index >= 15 is 0 Å². The van der Waals surface area contributed by atoms with Crippen molar-refractivity contribution in [2.75, 3.05) is 0 Å². The molecule has 0 saturated carbocycles. The molecule has 32 heavy (non-hydrogen) atoms. The van der Waals surface area contributed by atoms with Gasteiger partial charge in [-0.1, -0.05) is 84.9 Å². The summed E-state index contributed by atoms with van der Waals surface area (Å²) in [6, 6.07) is 28.2. The standard InChI is InChI=1S/C28H28N2O2/c1-19(23-15-7-11-21-9-3-5-13-25(21)23)29-27(31)17-18-28(32)30-20(2)24-16-8-12-22-10-4-6-14-26(22)24/h3-16,19-20H,17-18H2,1-2H3,(H,29,31)(H,30,32)/t19-,20-/m0/s1. The van der Waals surface area contributed by atoms with Crippen molar-refractivity contribution in [1.82, 2.24) is 10.6 Å². The lowest BCUT2D eigenvalue weighted by Gasteiger charge is -2.18. The minimum Gasteiger partial charge on any atom is -0.350 e. The molecule has 0 aliphatic heterocycles. The summed E-state index contributed by atoms with van der Waals surface area (Å²) in [5.41, 5.74) is 2.15. The lowest BCUT2D eigenvalue weighted by molar-refractivity contribution is -0.127. The maximum Gasteiger partial charge on any atom is 0.220 e. The van der Waals surface area contributed by atoms with Crippen LogP contribution in [0.15, 0.2) is 84.9 Å². The Balaban J connectivity index is 1.33. The third-order valence-corrected chi connectivity index (χ3v) is 5.91. The highest BCUT2D eigenvalue weighted by Crippen LogP contribution is 2.25. The predicted octanol–water partition coefficient (Wildman–Crippen LogP) is 5.83. The van der Waals surface area contributed by atoms with Crippen LogP contribution in [-0.2, 0) is 9.59 Å². The Bertz CT molecular complexity index is 1150. The highest BCUT2D eigenvalue weighted by atomic mass is 16.2. The average Bonchev–Trinajstić information content (AvgIpc) is 2.82. The molecule has 162 valence electrons. The second-order valence-electron chi connectivity index (χ2n) is 8.22. The van der Waals surface area contributed by atoms with Crippen LogP contribution in [0.4, 0.5) is 0 Å². The lowest BCUT2D eigenvalue weighted by Crippen LogP contribution is -2.30. The van der Waals surface area contributed by atoms with Crippen molar-refractivity contribution in [2.45, 2.75) is 38.8 Å². The lowest BCUT2D eigenvalue weighted by atomic mass is 9.99. The van der Waals surface area contributed by atoms with E-state index in [1.165, 1.54) is 0 Å². The number of nitrogens with one attached hydrogen (secondary N) is 2. The summed E-state index contributed by atoms with van der Waals surface area (Å²) in [7, 11) is 0. The number of rotatable bonds is 7. The minimum atomic E-state index is -0.133. The summed E-state index contributed by atoms with van der Waals surface area (Å²) >= 11 is 0. The number of amides is 2. The largest absolute Gasteiger partial charge is 0.350 e. The molecule has 2 N–H and O–H groups in total. The number of hydrogen-bond acceptors (Lipinski definition) is 2. The summed E-state index contributed by atoms with van der Waals surface area (Å²) in [4.78, 5) is 25.0. The Morgan fingerprint density at radius 1 is 0.594 bits per heavy atom. The van der Waals surface area contributed by atoms with Crippen LogP contribution in [0.25, 0.3) is 21.5 Å². The summed E-state index contributed by atoms with van der Waals surface area (Å²) in [6.07, 6.45) is 0.312. The van der Waals surface area contributed by atoms with Crippen LogP contribution >= 0.6 is 0 Å². The van der Waals surface area contributed by atoms with Gasteiger partial charge in [0.1, 0.15) is 0 Å². The zero-order valence-electron chi connectivity index (χ0n) is 18.5. The van der Waals surface area contributed by atoms with Gasteiger partial charge in [0.25, 0.3) is 0 Å². The molecule has 0 aliphatic rings. The van der Waals surface area contributed by atoms with E-state index in [0.29, 0.717) is 0 Å². The molecule has 4 aromatic carbocycles. The van der Waals surface area contributed by atoms with Crippen LogP contribution in [0.5, 0.6) is 0 Å². The van der Waals surface area contributed by atoms with Gasteiger partial charge in [0.05, 0.1) is 12.1 Å². The zero-order chi connectivity index (χ0) is 22.5. The third kappa shape index (κ3) is 4.80. The van der Waals surface area contributed by atoms with E-state index in [2.05, 4.69) is 47.0 Å². The molecule has 4 heteroatoms. The molecule has 0 heterocycles.